The van der Waals surface area contributed by atoms with Crippen molar-refractivity contribution in [1.29, 1.82) is 0 Å². The highest BCUT2D eigenvalue weighted by molar-refractivity contribution is 5.91. The minimum Gasteiger partial charge on any atom is -0.480 e. The van der Waals surface area contributed by atoms with E-state index < -0.39 is 42.3 Å². The van der Waals surface area contributed by atoms with Crippen molar-refractivity contribution >= 4 is 34.6 Å². The monoisotopic (exact) mass is 446 g/mol. The number of hydrogen-bond acceptors (Lipinski definition) is 6. The highest BCUT2D eigenvalue weighted by Crippen LogP contribution is 2.18. The molecule has 0 bridgehead atoms. The zero-order chi connectivity index (χ0) is 23.5. The van der Waals surface area contributed by atoms with Crippen molar-refractivity contribution in [2.45, 2.75) is 37.8 Å². The summed E-state index contributed by atoms with van der Waals surface area (Å²) in [5.74, 6) is -2.89. The molecule has 3 amide bonds. The topological polar surface area (TPSA) is 192 Å². The molecule has 0 aliphatic rings. The third-order valence-electron chi connectivity index (χ3n) is 4.90. The Morgan fingerprint density at radius 2 is 1.75 bits per heavy atom. The van der Waals surface area contributed by atoms with E-state index in [0.29, 0.717) is 25.8 Å². The molecule has 11 nitrogen and oxygen atoms in total. The normalized spacial score (nSPS) is 12.7. The fourth-order valence-corrected chi connectivity index (χ4v) is 3.17. The molecule has 0 fully saturated rings. The second-order valence-corrected chi connectivity index (χ2v) is 7.41. The first-order valence-electron chi connectivity index (χ1n) is 10.4. The van der Waals surface area contributed by atoms with Crippen molar-refractivity contribution in [3.63, 3.8) is 0 Å². The zero-order valence-electron chi connectivity index (χ0n) is 17.7. The number of carbonyl (C=O) groups is 4. The van der Waals surface area contributed by atoms with E-state index in [1.165, 1.54) is 0 Å². The number of nitrogens with one attached hydrogen (secondary N) is 4. The summed E-state index contributed by atoms with van der Waals surface area (Å²) in [5, 5.41) is 17.2. The third kappa shape index (κ3) is 7.67. The average Bonchev–Trinajstić information content (AvgIpc) is 3.18. The van der Waals surface area contributed by atoms with Crippen LogP contribution < -0.4 is 27.4 Å². The second-order valence-electron chi connectivity index (χ2n) is 7.41. The van der Waals surface area contributed by atoms with Crippen LogP contribution >= 0.6 is 0 Å². The summed E-state index contributed by atoms with van der Waals surface area (Å²) in [4.78, 5) is 50.3. The van der Waals surface area contributed by atoms with Gasteiger partial charge in [-0.25, -0.2) is 4.79 Å². The predicted molar refractivity (Wildman–Crippen MR) is 118 cm³/mol. The maximum Gasteiger partial charge on any atom is 0.326 e. The van der Waals surface area contributed by atoms with Crippen molar-refractivity contribution in [2.24, 2.45) is 11.5 Å². The van der Waals surface area contributed by atoms with Crippen LogP contribution in [0.2, 0.25) is 0 Å². The molecule has 0 saturated carbocycles. The Morgan fingerprint density at radius 3 is 2.47 bits per heavy atom. The van der Waals surface area contributed by atoms with Crippen LogP contribution in [0.5, 0.6) is 0 Å². The van der Waals surface area contributed by atoms with Gasteiger partial charge in [-0.3, -0.25) is 14.4 Å². The Labute approximate surface area is 185 Å². The van der Waals surface area contributed by atoms with Gasteiger partial charge in [0.05, 0.1) is 19.1 Å². The number of aliphatic carboxylic acids is 1. The van der Waals surface area contributed by atoms with Crippen LogP contribution in [0.4, 0.5) is 0 Å². The lowest BCUT2D eigenvalue weighted by molar-refractivity contribution is -0.142. The Bertz CT molecular complexity index is 944. The van der Waals surface area contributed by atoms with E-state index in [4.69, 9.17) is 16.6 Å². The van der Waals surface area contributed by atoms with Gasteiger partial charge < -0.3 is 37.5 Å². The average molecular weight is 447 g/mol. The van der Waals surface area contributed by atoms with Gasteiger partial charge in [-0.2, -0.15) is 0 Å². The quantitative estimate of drug-likeness (QED) is 0.191. The summed E-state index contributed by atoms with van der Waals surface area (Å²) < 4.78 is 0. The molecular formula is C21H30N6O5. The summed E-state index contributed by atoms with van der Waals surface area (Å²) in [5.41, 5.74) is 13.2. The number of fused-ring (bicyclic) bond motifs is 1. The minimum atomic E-state index is -1.15. The summed E-state index contributed by atoms with van der Waals surface area (Å²) in [6, 6.07) is 5.74. The molecular weight excluding hydrogens is 416 g/mol. The van der Waals surface area contributed by atoms with E-state index in [0.717, 1.165) is 16.5 Å². The highest BCUT2D eigenvalue weighted by Gasteiger charge is 2.20. The fourth-order valence-electron chi connectivity index (χ4n) is 3.17. The number of hydrogen-bond donors (Lipinski definition) is 7. The number of unbranched alkanes of at least 4 members (excludes halogenated alkanes) is 1. The van der Waals surface area contributed by atoms with Gasteiger partial charge in [0.25, 0.3) is 0 Å². The van der Waals surface area contributed by atoms with Gasteiger partial charge in [0.1, 0.15) is 6.04 Å². The molecule has 2 rings (SSSR count). The lowest BCUT2D eigenvalue weighted by Gasteiger charge is -2.15. The van der Waals surface area contributed by atoms with E-state index in [1.807, 2.05) is 24.3 Å². The Kier molecular flexibility index (Phi) is 9.64. The molecule has 0 spiro atoms. The molecule has 2 atom stereocenters. The fraction of sp³-hybridized carbons (Fsp3) is 0.429. The lowest BCUT2D eigenvalue weighted by Crippen LogP contribution is -2.48. The van der Waals surface area contributed by atoms with E-state index in [9.17, 15) is 19.2 Å². The van der Waals surface area contributed by atoms with Gasteiger partial charge >= 0.3 is 5.97 Å². The van der Waals surface area contributed by atoms with E-state index in [2.05, 4.69) is 20.9 Å². The van der Waals surface area contributed by atoms with Gasteiger partial charge in [0, 0.05) is 17.1 Å². The molecule has 2 unspecified atom stereocenters. The minimum absolute atomic E-state index is 0.247. The van der Waals surface area contributed by atoms with Crippen LogP contribution in [-0.2, 0) is 25.6 Å². The molecule has 1 aromatic heterocycles. The Morgan fingerprint density at radius 1 is 1.03 bits per heavy atom. The molecule has 0 aliphatic heterocycles. The van der Waals surface area contributed by atoms with E-state index >= 15 is 0 Å². The first kappa shape index (κ1) is 24.8. The molecule has 0 saturated heterocycles. The van der Waals surface area contributed by atoms with Crippen molar-refractivity contribution in [3.8, 4) is 0 Å². The maximum absolute atomic E-state index is 12.2. The van der Waals surface area contributed by atoms with E-state index in [-0.39, 0.29) is 13.0 Å². The van der Waals surface area contributed by atoms with Crippen LogP contribution in [0.15, 0.2) is 30.5 Å². The number of para-hydroxylation sites is 1. The SMILES string of the molecule is NCCCCC(NC(=O)CNC(=O)CNC(=O)C(N)Cc1c[nH]c2ccccc12)C(=O)O. The third-order valence-corrected chi connectivity index (χ3v) is 4.90. The number of H-pyrrole nitrogens is 1. The zero-order valence-corrected chi connectivity index (χ0v) is 17.7. The number of aromatic amines is 1. The van der Waals surface area contributed by atoms with Gasteiger partial charge in [-0.15, -0.1) is 0 Å². The standard InChI is InChI=1S/C21H30N6O5/c22-8-4-3-7-17(21(31)32)27-19(29)12-25-18(28)11-26-20(30)15(23)9-13-10-24-16-6-2-1-5-14(13)16/h1-2,5-6,10,15,17,24H,3-4,7-9,11-12,22-23H2,(H,25,28)(H,26,30)(H,27,29)(H,31,32). The number of carbonyl (C=O) groups excluding carboxylic acids is 3. The summed E-state index contributed by atoms with van der Waals surface area (Å²) >= 11 is 0. The molecule has 174 valence electrons. The van der Waals surface area contributed by atoms with Crippen LogP contribution in [0.3, 0.4) is 0 Å². The predicted octanol–water partition coefficient (Wildman–Crippen LogP) is -1.03. The van der Waals surface area contributed by atoms with Crippen LogP contribution in [-0.4, -0.2) is 65.5 Å². The number of benzene rings is 1. The van der Waals surface area contributed by atoms with Crippen molar-refractivity contribution in [3.05, 3.63) is 36.0 Å². The molecule has 0 radical (unpaired) electrons. The highest BCUT2D eigenvalue weighted by atomic mass is 16.4. The molecule has 32 heavy (non-hydrogen) atoms. The van der Waals surface area contributed by atoms with Crippen molar-refractivity contribution in [2.75, 3.05) is 19.6 Å². The molecule has 0 aliphatic carbocycles. The smallest absolute Gasteiger partial charge is 0.326 e. The number of amides is 3. The maximum atomic E-state index is 12.2. The first-order valence-corrected chi connectivity index (χ1v) is 10.4. The second kappa shape index (κ2) is 12.4. The Hall–Kier alpha value is -3.44. The van der Waals surface area contributed by atoms with Crippen molar-refractivity contribution in [1.82, 2.24) is 20.9 Å². The first-order chi connectivity index (χ1) is 15.3. The molecule has 1 aromatic carbocycles. The largest absolute Gasteiger partial charge is 0.480 e. The summed E-state index contributed by atoms with van der Waals surface area (Å²) in [6.45, 7) is -0.323. The number of carboxylic acids is 1. The molecule has 1 heterocycles. The molecule has 11 heteroatoms. The summed E-state index contributed by atoms with van der Waals surface area (Å²) in [7, 11) is 0. The van der Waals surface area contributed by atoms with Crippen LogP contribution in [0, 0.1) is 0 Å². The van der Waals surface area contributed by atoms with Gasteiger partial charge in [-0.05, 0) is 43.9 Å². The van der Waals surface area contributed by atoms with E-state index in [1.54, 1.807) is 6.20 Å². The van der Waals surface area contributed by atoms with Crippen molar-refractivity contribution < 1.29 is 24.3 Å². The van der Waals surface area contributed by atoms with Crippen LogP contribution in [0.25, 0.3) is 10.9 Å². The van der Waals surface area contributed by atoms with Gasteiger partial charge in [0.2, 0.25) is 17.7 Å². The molecule has 2 aromatic rings. The van der Waals surface area contributed by atoms with Gasteiger partial charge in [-0.1, -0.05) is 18.2 Å². The number of rotatable bonds is 13. The number of carboxylic acid groups (broad SMARTS) is 1. The lowest BCUT2D eigenvalue weighted by atomic mass is 10.1. The Balaban J connectivity index is 1.71. The number of aromatic nitrogens is 1. The van der Waals surface area contributed by atoms with Crippen LogP contribution in [0.1, 0.15) is 24.8 Å². The summed E-state index contributed by atoms with van der Waals surface area (Å²) in [6.07, 6.45) is 3.55. The number of nitrogens with two attached hydrogens (primary N) is 2. The molecule has 9 N–H and O–H groups in total. The van der Waals surface area contributed by atoms with Gasteiger partial charge in [0.15, 0.2) is 0 Å².